The standard InChI is InChI=1S/C20H18ClNO/c1-2-17-19-16-6-4-3-5-13(16)9-12-18(19)23-20(22-17)14-7-10-15(21)11-8-14/h3-12,17,20,22H,2H2,1H3. The number of ether oxygens (including phenoxy) is 1. The molecule has 1 heterocycles. The number of nitrogens with one attached hydrogen (secondary N) is 1. The van der Waals surface area contributed by atoms with Gasteiger partial charge in [-0.3, -0.25) is 5.32 Å². The highest BCUT2D eigenvalue weighted by molar-refractivity contribution is 6.30. The minimum Gasteiger partial charge on any atom is -0.471 e. The lowest BCUT2D eigenvalue weighted by Crippen LogP contribution is -2.34. The molecule has 0 spiro atoms. The van der Waals surface area contributed by atoms with E-state index in [1.807, 2.05) is 24.3 Å². The van der Waals surface area contributed by atoms with Crippen molar-refractivity contribution < 1.29 is 4.74 Å². The Bertz CT molecular complexity index is 844. The molecule has 0 amide bonds. The van der Waals surface area contributed by atoms with Crippen LogP contribution in [0.4, 0.5) is 0 Å². The van der Waals surface area contributed by atoms with Gasteiger partial charge in [0, 0.05) is 22.2 Å². The van der Waals surface area contributed by atoms with Crippen LogP contribution >= 0.6 is 11.6 Å². The van der Waals surface area contributed by atoms with E-state index in [9.17, 15) is 0 Å². The van der Waals surface area contributed by atoms with Gasteiger partial charge in [0.15, 0.2) is 6.23 Å². The van der Waals surface area contributed by atoms with Crippen molar-refractivity contribution in [1.82, 2.24) is 5.32 Å². The van der Waals surface area contributed by atoms with Gasteiger partial charge < -0.3 is 4.74 Å². The highest BCUT2D eigenvalue weighted by Crippen LogP contribution is 2.41. The molecule has 0 radical (unpaired) electrons. The lowest BCUT2D eigenvalue weighted by Gasteiger charge is -2.34. The first-order valence-corrected chi connectivity index (χ1v) is 8.34. The number of hydrogen-bond donors (Lipinski definition) is 1. The Hall–Kier alpha value is -2.03. The predicted octanol–water partition coefficient (Wildman–Crippen LogP) is 5.63. The normalized spacial score (nSPS) is 20.1. The van der Waals surface area contributed by atoms with E-state index >= 15 is 0 Å². The average Bonchev–Trinajstić information content (AvgIpc) is 2.61. The van der Waals surface area contributed by atoms with Crippen LogP contribution in [0, 0.1) is 0 Å². The summed E-state index contributed by atoms with van der Waals surface area (Å²) in [6.45, 7) is 2.20. The monoisotopic (exact) mass is 323 g/mol. The Balaban J connectivity index is 1.79. The Morgan fingerprint density at radius 1 is 1.00 bits per heavy atom. The van der Waals surface area contributed by atoms with Gasteiger partial charge in [-0.05, 0) is 35.4 Å². The molecule has 116 valence electrons. The molecule has 0 aromatic heterocycles. The quantitative estimate of drug-likeness (QED) is 0.660. The second-order valence-corrected chi connectivity index (χ2v) is 6.31. The van der Waals surface area contributed by atoms with Gasteiger partial charge in [-0.25, -0.2) is 0 Å². The first-order chi connectivity index (χ1) is 11.3. The second kappa shape index (κ2) is 5.88. The van der Waals surface area contributed by atoms with Crippen LogP contribution in [0.25, 0.3) is 10.8 Å². The van der Waals surface area contributed by atoms with Crippen molar-refractivity contribution in [2.75, 3.05) is 0 Å². The lowest BCUT2D eigenvalue weighted by atomic mass is 9.94. The maximum Gasteiger partial charge on any atom is 0.177 e. The summed E-state index contributed by atoms with van der Waals surface area (Å²) in [6.07, 6.45) is 0.861. The van der Waals surface area contributed by atoms with Crippen LogP contribution in [0.3, 0.4) is 0 Å². The van der Waals surface area contributed by atoms with E-state index in [0.717, 1.165) is 22.8 Å². The molecule has 4 rings (SSSR count). The number of halogens is 1. The minimum absolute atomic E-state index is 0.147. The molecule has 2 nitrogen and oxygen atoms in total. The van der Waals surface area contributed by atoms with Gasteiger partial charge >= 0.3 is 0 Å². The summed E-state index contributed by atoms with van der Waals surface area (Å²) in [5, 5.41) is 6.87. The molecular weight excluding hydrogens is 306 g/mol. The van der Waals surface area contributed by atoms with Crippen LogP contribution in [-0.4, -0.2) is 0 Å². The molecule has 0 bridgehead atoms. The predicted molar refractivity (Wildman–Crippen MR) is 94.9 cm³/mol. The van der Waals surface area contributed by atoms with Crippen molar-refractivity contribution in [2.24, 2.45) is 0 Å². The zero-order chi connectivity index (χ0) is 15.8. The van der Waals surface area contributed by atoms with E-state index in [0.29, 0.717) is 0 Å². The number of hydrogen-bond acceptors (Lipinski definition) is 2. The molecule has 1 N–H and O–H groups in total. The third-order valence-electron chi connectivity index (χ3n) is 4.46. The summed E-state index contributed by atoms with van der Waals surface area (Å²) in [4.78, 5) is 0. The van der Waals surface area contributed by atoms with Crippen LogP contribution in [0.15, 0.2) is 60.7 Å². The van der Waals surface area contributed by atoms with E-state index in [1.54, 1.807) is 0 Å². The summed E-state index contributed by atoms with van der Waals surface area (Å²) < 4.78 is 6.24. The molecule has 3 aromatic carbocycles. The van der Waals surface area contributed by atoms with Gasteiger partial charge in [-0.1, -0.05) is 61.0 Å². The first kappa shape index (κ1) is 14.6. The molecule has 0 aliphatic carbocycles. The third-order valence-corrected chi connectivity index (χ3v) is 4.71. The SMILES string of the molecule is CCC1NC(c2ccc(Cl)cc2)Oc2ccc3ccccc3c21. The summed E-state index contributed by atoms with van der Waals surface area (Å²) in [5.74, 6) is 0.967. The van der Waals surface area contributed by atoms with Gasteiger partial charge in [0.1, 0.15) is 5.75 Å². The van der Waals surface area contributed by atoms with E-state index in [2.05, 4.69) is 48.6 Å². The van der Waals surface area contributed by atoms with Gasteiger partial charge in [0.2, 0.25) is 0 Å². The molecule has 2 atom stereocenters. The maximum absolute atomic E-state index is 6.24. The minimum atomic E-state index is -0.147. The molecule has 1 aliphatic heterocycles. The highest BCUT2D eigenvalue weighted by Gasteiger charge is 2.28. The zero-order valence-electron chi connectivity index (χ0n) is 12.9. The summed E-state index contributed by atoms with van der Waals surface area (Å²) in [7, 11) is 0. The number of rotatable bonds is 2. The van der Waals surface area contributed by atoms with Crippen LogP contribution in [-0.2, 0) is 0 Å². The molecular formula is C20H18ClNO. The fourth-order valence-corrected chi connectivity index (χ4v) is 3.41. The van der Waals surface area contributed by atoms with Gasteiger partial charge in [-0.15, -0.1) is 0 Å². The van der Waals surface area contributed by atoms with Crippen LogP contribution < -0.4 is 10.1 Å². The Morgan fingerprint density at radius 3 is 2.57 bits per heavy atom. The molecule has 2 unspecified atom stereocenters. The molecule has 3 heteroatoms. The van der Waals surface area contributed by atoms with Crippen LogP contribution in [0.2, 0.25) is 5.02 Å². The highest BCUT2D eigenvalue weighted by atomic mass is 35.5. The van der Waals surface area contributed by atoms with Crippen molar-refractivity contribution in [2.45, 2.75) is 25.6 Å². The van der Waals surface area contributed by atoms with E-state index in [4.69, 9.17) is 16.3 Å². The maximum atomic E-state index is 6.24. The zero-order valence-corrected chi connectivity index (χ0v) is 13.7. The number of benzene rings is 3. The van der Waals surface area contributed by atoms with E-state index < -0.39 is 0 Å². The summed E-state index contributed by atoms with van der Waals surface area (Å²) in [6, 6.07) is 20.8. The molecule has 0 fully saturated rings. The van der Waals surface area contributed by atoms with Gasteiger partial charge in [-0.2, -0.15) is 0 Å². The van der Waals surface area contributed by atoms with E-state index in [-0.39, 0.29) is 12.3 Å². The molecule has 23 heavy (non-hydrogen) atoms. The topological polar surface area (TPSA) is 21.3 Å². The Kier molecular flexibility index (Phi) is 3.72. The fraction of sp³-hybridized carbons (Fsp3) is 0.200. The average molecular weight is 324 g/mol. The van der Waals surface area contributed by atoms with E-state index in [1.165, 1.54) is 16.3 Å². The smallest absolute Gasteiger partial charge is 0.177 e. The van der Waals surface area contributed by atoms with Crippen LogP contribution in [0.1, 0.15) is 36.7 Å². The van der Waals surface area contributed by atoms with Crippen molar-refractivity contribution in [1.29, 1.82) is 0 Å². The Morgan fingerprint density at radius 2 is 1.78 bits per heavy atom. The summed E-state index contributed by atoms with van der Waals surface area (Å²) >= 11 is 5.99. The van der Waals surface area contributed by atoms with Crippen molar-refractivity contribution >= 4 is 22.4 Å². The largest absolute Gasteiger partial charge is 0.471 e. The fourth-order valence-electron chi connectivity index (χ4n) is 3.29. The summed E-state index contributed by atoms with van der Waals surface area (Å²) in [5.41, 5.74) is 2.35. The molecule has 1 aliphatic rings. The lowest BCUT2D eigenvalue weighted by molar-refractivity contribution is 0.124. The van der Waals surface area contributed by atoms with Crippen molar-refractivity contribution in [3.05, 3.63) is 76.8 Å². The first-order valence-electron chi connectivity index (χ1n) is 7.96. The molecule has 3 aromatic rings. The molecule has 0 saturated heterocycles. The van der Waals surface area contributed by atoms with Crippen molar-refractivity contribution in [3.63, 3.8) is 0 Å². The molecule has 0 saturated carbocycles. The van der Waals surface area contributed by atoms with Gasteiger partial charge in [0.25, 0.3) is 0 Å². The van der Waals surface area contributed by atoms with Gasteiger partial charge in [0.05, 0.1) is 0 Å². The van der Waals surface area contributed by atoms with Crippen molar-refractivity contribution in [3.8, 4) is 5.75 Å². The second-order valence-electron chi connectivity index (χ2n) is 5.88. The third kappa shape index (κ3) is 2.58. The Labute approximate surface area is 141 Å². The van der Waals surface area contributed by atoms with Crippen LogP contribution in [0.5, 0.6) is 5.75 Å². The number of fused-ring (bicyclic) bond motifs is 3.